The highest BCUT2D eigenvalue weighted by Gasteiger charge is 2.31. The fraction of sp³-hybridized carbons (Fsp3) is 0.467. The average Bonchev–Trinajstić information content (AvgIpc) is 2.90. The van der Waals surface area contributed by atoms with E-state index in [0.29, 0.717) is 43.0 Å². The van der Waals surface area contributed by atoms with Crippen molar-refractivity contribution in [1.82, 2.24) is 5.32 Å². The molecule has 0 aromatic heterocycles. The molecule has 0 spiro atoms. The molecule has 38 heavy (non-hydrogen) atoms. The Morgan fingerprint density at radius 3 is 2.63 bits per heavy atom. The van der Waals surface area contributed by atoms with Crippen LogP contribution in [-0.4, -0.2) is 66.8 Å². The van der Waals surface area contributed by atoms with Crippen molar-refractivity contribution in [2.75, 3.05) is 26.4 Å². The number of nitrogens with zero attached hydrogens (tertiary/aromatic N) is 1. The first kappa shape index (κ1) is 31.0. The molecule has 1 aliphatic heterocycles. The Morgan fingerprint density at radius 1 is 1.34 bits per heavy atom. The molecule has 0 amide bonds. The minimum Gasteiger partial charge on any atom is -0.479 e. The summed E-state index contributed by atoms with van der Waals surface area (Å²) in [7, 11) is 0. The first-order valence-corrected chi connectivity index (χ1v) is 13.0. The van der Waals surface area contributed by atoms with Crippen LogP contribution < -0.4 is 11.1 Å². The Balaban J connectivity index is 2.21. The molecule has 0 saturated carbocycles. The molecule has 0 aromatic rings. The molecule has 8 nitrogen and oxygen atoms in total. The highest BCUT2D eigenvalue weighted by atomic mass is 16.6. The number of carboxylic acids is 1. The molecule has 4 atom stereocenters. The Morgan fingerprint density at radius 2 is 2.05 bits per heavy atom. The van der Waals surface area contributed by atoms with Gasteiger partial charge >= 0.3 is 5.97 Å². The van der Waals surface area contributed by atoms with E-state index in [-0.39, 0.29) is 29.9 Å². The molecule has 1 heterocycles. The van der Waals surface area contributed by atoms with Gasteiger partial charge in [-0.15, -0.1) is 0 Å². The Hall–Kier alpha value is -3.20. The maximum Gasteiger partial charge on any atom is 0.330 e. The lowest BCUT2D eigenvalue weighted by atomic mass is 9.72. The third kappa shape index (κ3) is 9.28. The summed E-state index contributed by atoms with van der Waals surface area (Å²) in [4.78, 5) is 16.0. The first-order valence-electron chi connectivity index (χ1n) is 13.0. The van der Waals surface area contributed by atoms with E-state index < -0.39 is 18.1 Å². The van der Waals surface area contributed by atoms with Crippen molar-refractivity contribution in [3.8, 4) is 0 Å². The van der Waals surface area contributed by atoms with Crippen LogP contribution in [0.3, 0.4) is 0 Å². The second-order valence-electron chi connectivity index (χ2n) is 9.74. The Bertz CT molecular complexity index is 1000. The van der Waals surface area contributed by atoms with Crippen LogP contribution in [0.1, 0.15) is 33.6 Å². The number of carbonyl (C=O) groups is 1. The summed E-state index contributed by atoms with van der Waals surface area (Å²) in [6.07, 6.45) is 17.3. The van der Waals surface area contributed by atoms with Gasteiger partial charge in [0, 0.05) is 5.41 Å². The average molecular weight is 526 g/mol. The number of aliphatic hydroxyl groups excluding tert-OH is 1. The van der Waals surface area contributed by atoms with Crippen molar-refractivity contribution in [3.63, 3.8) is 0 Å². The van der Waals surface area contributed by atoms with Gasteiger partial charge in [0.15, 0.2) is 5.96 Å². The number of guanidine groups is 1. The standard InChI is InChI=1S/C30H43N3O5/c1-6-11-23(7-2)19-25(28(35)36)33-29(31)32-15-12-24(22(4)27-20-37-16-17-38-27)26(34)18-21(3)30(5)13-9-8-10-14-30/h6-7,9-14,19,21,25-27,34H,2,4,8,15-18,20H2,1,3,5H3,(H,35,36)(H3,31,32,33)/b11-6+,23-19-,24-12-. The van der Waals surface area contributed by atoms with E-state index in [9.17, 15) is 15.0 Å². The van der Waals surface area contributed by atoms with Crippen LogP contribution >= 0.6 is 0 Å². The second kappa shape index (κ2) is 15.3. The number of aliphatic imine (C=N–C) groups is 1. The van der Waals surface area contributed by atoms with Crippen LogP contribution in [0.15, 0.2) is 89.6 Å². The number of rotatable bonds is 13. The van der Waals surface area contributed by atoms with E-state index in [0.717, 1.165) is 6.42 Å². The SMILES string of the molecule is C=CC(=C/C(NC(N)=NC/C=C(/C(=C)C1COCCO1)C(O)CC(C)C1(C)C=CCC=C1)C(=O)O)/C=C/C. The lowest BCUT2D eigenvalue weighted by Crippen LogP contribution is -2.43. The van der Waals surface area contributed by atoms with E-state index in [4.69, 9.17) is 15.2 Å². The van der Waals surface area contributed by atoms with Gasteiger partial charge in [0.05, 0.1) is 32.5 Å². The number of nitrogens with two attached hydrogens (primary N) is 1. The molecule has 208 valence electrons. The van der Waals surface area contributed by atoms with Crippen LogP contribution in [0.5, 0.6) is 0 Å². The Kier molecular flexibility index (Phi) is 12.5. The molecule has 0 bridgehead atoms. The molecule has 5 N–H and O–H groups in total. The fourth-order valence-electron chi connectivity index (χ4n) is 4.38. The summed E-state index contributed by atoms with van der Waals surface area (Å²) in [5, 5.41) is 23.6. The van der Waals surface area contributed by atoms with E-state index in [2.05, 4.69) is 61.6 Å². The van der Waals surface area contributed by atoms with Crippen molar-refractivity contribution in [2.24, 2.45) is 22.1 Å². The molecular weight excluding hydrogens is 482 g/mol. The zero-order valence-electron chi connectivity index (χ0n) is 22.8. The van der Waals surface area contributed by atoms with E-state index >= 15 is 0 Å². The molecule has 4 unspecified atom stereocenters. The predicted molar refractivity (Wildman–Crippen MR) is 153 cm³/mol. The van der Waals surface area contributed by atoms with Crippen molar-refractivity contribution in [2.45, 2.75) is 51.9 Å². The molecular formula is C30H43N3O5. The minimum absolute atomic E-state index is 0.0381. The molecule has 2 aliphatic rings. The molecule has 0 radical (unpaired) electrons. The van der Waals surface area contributed by atoms with E-state index in [1.807, 2.05) is 6.92 Å². The number of aliphatic carboxylic acids is 1. The van der Waals surface area contributed by atoms with Crippen LogP contribution in [-0.2, 0) is 14.3 Å². The normalized spacial score (nSPS) is 22.6. The zero-order valence-corrected chi connectivity index (χ0v) is 22.8. The fourth-order valence-corrected chi connectivity index (χ4v) is 4.38. The third-order valence-electron chi connectivity index (χ3n) is 6.90. The largest absolute Gasteiger partial charge is 0.479 e. The highest BCUT2D eigenvalue weighted by Crippen LogP contribution is 2.37. The quantitative estimate of drug-likeness (QED) is 0.125. The van der Waals surface area contributed by atoms with Gasteiger partial charge in [0.25, 0.3) is 0 Å². The summed E-state index contributed by atoms with van der Waals surface area (Å²) in [5.74, 6) is -0.988. The van der Waals surface area contributed by atoms with Crippen LogP contribution in [0.25, 0.3) is 0 Å². The van der Waals surface area contributed by atoms with Gasteiger partial charge in [0.1, 0.15) is 12.1 Å². The van der Waals surface area contributed by atoms with Gasteiger partial charge in [-0.25, -0.2) is 9.79 Å². The molecule has 1 aliphatic carbocycles. The monoisotopic (exact) mass is 525 g/mol. The number of allylic oxidation sites excluding steroid dienone is 8. The molecule has 1 saturated heterocycles. The van der Waals surface area contributed by atoms with Crippen molar-refractivity contribution < 1.29 is 24.5 Å². The summed E-state index contributed by atoms with van der Waals surface area (Å²) in [6, 6.07) is -1.09. The van der Waals surface area contributed by atoms with Crippen molar-refractivity contribution in [1.29, 1.82) is 0 Å². The van der Waals surface area contributed by atoms with E-state index in [1.165, 1.54) is 6.08 Å². The van der Waals surface area contributed by atoms with Gasteiger partial charge in [-0.1, -0.05) is 75.6 Å². The lowest BCUT2D eigenvalue weighted by Gasteiger charge is -2.34. The summed E-state index contributed by atoms with van der Waals surface area (Å²) in [5.41, 5.74) is 7.75. The number of aliphatic hydroxyl groups is 1. The molecule has 2 rings (SSSR count). The van der Waals surface area contributed by atoms with Crippen LogP contribution in [0, 0.1) is 11.3 Å². The van der Waals surface area contributed by atoms with Crippen molar-refractivity contribution >= 4 is 11.9 Å². The lowest BCUT2D eigenvalue weighted by molar-refractivity contribution is -0.137. The summed E-state index contributed by atoms with van der Waals surface area (Å²) < 4.78 is 11.4. The van der Waals surface area contributed by atoms with E-state index in [1.54, 1.807) is 24.3 Å². The number of ether oxygens (including phenoxy) is 2. The maximum atomic E-state index is 11.7. The summed E-state index contributed by atoms with van der Waals surface area (Å²) in [6.45, 7) is 15.5. The number of hydrogen-bond acceptors (Lipinski definition) is 5. The predicted octanol–water partition coefficient (Wildman–Crippen LogP) is 3.84. The molecule has 1 fully saturated rings. The highest BCUT2D eigenvalue weighted by molar-refractivity contribution is 5.86. The molecule has 0 aromatic carbocycles. The van der Waals surface area contributed by atoms with Gasteiger partial charge in [0.2, 0.25) is 0 Å². The maximum absolute atomic E-state index is 11.7. The number of carboxylic acid groups (broad SMARTS) is 1. The van der Waals surface area contributed by atoms with Gasteiger partial charge in [-0.05, 0) is 48.5 Å². The van der Waals surface area contributed by atoms with Crippen LogP contribution in [0.4, 0.5) is 0 Å². The Labute approximate surface area is 226 Å². The first-order chi connectivity index (χ1) is 18.1. The topological polar surface area (TPSA) is 126 Å². The van der Waals surface area contributed by atoms with Gasteiger partial charge in [-0.3, -0.25) is 0 Å². The number of nitrogens with one attached hydrogen (secondary N) is 1. The second-order valence-corrected chi connectivity index (χ2v) is 9.74. The minimum atomic E-state index is -1.10. The zero-order chi connectivity index (χ0) is 28.1. The third-order valence-corrected chi connectivity index (χ3v) is 6.90. The smallest absolute Gasteiger partial charge is 0.330 e. The van der Waals surface area contributed by atoms with Gasteiger partial charge < -0.3 is 30.7 Å². The van der Waals surface area contributed by atoms with Gasteiger partial charge in [-0.2, -0.15) is 0 Å². The number of hydrogen-bond donors (Lipinski definition) is 4. The summed E-state index contributed by atoms with van der Waals surface area (Å²) >= 11 is 0. The van der Waals surface area contributed by atoms with Crippen LogP contribution in [0.2, 0.25) is 0 Å². The molecule has 8 heteroatoms. The van der Waals surface area contributed by atoms with Crippen molar-refractivity contribution in [3.05, 3.63) is 84.6 Å².